The predicted octanol–water partition coefficient (Wildman–Crippen LogP) is 4.12. The Morgan fingerprint density at radius 2 is 1.86 bits per heavy atom. The number of H-pyrrole nitrogens is 1. The first kappa shape index (κ1) is 13.0. The Kier molecular flexibility index (Phi) is 3.24. The lowest BCUT2D eigenvalue weighted by atomic mass is 9.94. The summed E-state index contributed by atoms with van der Waals surface area (Å²) < 4.78 is 0. The zero-order valence-corrected chi connectivity index (χ0v) is 12.8. The number of hydrogen-bond acceptors (Lipinski definition) is 2. The van der Waals surface area contributed by atoms with Crippen LogP contribution in [-0.4, -0.2) is 17.8 Å². The number of benzene rings is 2. The Labute approximate surface area is 129 Å². The molecule has 0 aliphatic carbocycles. The molecule has 0 spiro atoms. The fourth-order valence-corrected chi connectivity index (χ4v) is 3.67. The molecule has 1 aromatic heterocycles. The van der Waals surface area contributed by atoms with Crippen molar-refractivity contribution in [2.75, 3.05) is 12.8 Å². The van der Waals surface area contributed by atoms with Crippen molar-refractivity contribution >= 4 is 22.7 Å². The van der Waals surface area contributed by atoms with E-state index in [0.29, 0.717) is 0 Å². The SMILES string of the molecule is CSc1ccc(C2NCCc3c2[nH]c2ccccc32)cc1. The zero-order chi connectivity index (χ0) is 14.2. The normalized spacial score (nSPS) is 17.9. The molecule has 1 aliphatic rings. The molecule has 2 nitrogen and oxygen atoms in total. The van der Waals surface area contributed by atoms with Crippen LogP contribution in [0.3, 0.4) is 0 Å². The Morgan fingerprint density at radius 3 is 2.67 bits per heavy atom. The molecule has 0 fully saturated rings. The van der Waals surface area contributed by atoms with E-state index in [4.69, 9.17) is 0 Å². The molecule has 1 unspecified atom stereocenters. The topological polar surface area (TPSA) is 27.8 Å². The van der Waals surface area contributed by atoms with Gasteiger partial charge < -0.3 is 10.3 Å². The van der Waals surface area contributed by atoms with Gasteiger partial charge in [0.05, 0.1) is 6.04 Å². The summed E-state index contributed by atoms with van der Waals surface area (Å²) in [6.07, 6.45) is 3.21. The number of thioether (sulfide) groups is 1. The molecule has 0 saturated heterocycles. The molecule has 3 heteroatoms. The Hall–Kier alpha value is -1.71. The van der Waals surface area contributed by atoms with Crippen LogP contribution in [0.15, 0.2) is 53.4 Å². The molecule has 0 radical (unpaired) electrons. The van der Waals surface area contributed by atoms with Crippen molar-refractivity contribution in [3.63, 3.8) is 0 Å². The molecule has 0 bridgehead atoms. The third-order valence-corrected chi connectivity index (χ3v) is 5.05. The highest BCUT2D eigenvalue weighted by Gasteiger charge is 2.24. The highest BCUT2D eigenvalue weighted by molar-refractivity contribution is 7.98. The highest BCUT2D eigenvalue weighted by atomic mass is 32.2. The zero-order valence-electron chi connectivity index (χ0n) is 12.0. The summed E-state index contributed by atoms with van der Waals surface area (Å²) in [6.45, 7) is 1.03. The van der Waals surface area contributed by atoms with Crippen molar-refractivity contribution in [1.82, 2.24) is 10.3 Å². The molecule has 0 amide bonds. The van der Waals surface area contributed by atoms with Crippen LogP contribution in [0.5, 0.6) is 0 Å². The van der Waals surface area contributed by atoms with E-state index in [-0.39, 0.29) is 6.04 Å². The minimum atomic E-state index is 0.275. The summed E-state index contributed by atoms with van der Waals surface area (Å²) in [6, 6.07) is 17.8. The molecule has 1 aliphatic heterocycles. The van der Waals surface area contributed by atoms with Gasteiger partial charge in [-0.1, -0.05) is 30.3 Å². The summed E-state index contributed by atoms with van der Waals surface area (Å²) in [7, 11) is 0. The molecule has 2 heterocycles. The fraction of sp³-hybridized carbons (Fsp3) is 0.222. The second kappa shape index (κ2) is 5.24. The first-order valence-electron chi connectivity index (χ1n) is 7.33. The minimum Gasteiger partial charge on any atom is -0.357 e. The Balaban J connectivity index is 1.82. The molecule has 3 aromatic rings. The van der Waals surface area contributed by atoms with Gasteiger partial charge in [0.2, 0.25) is 0 Å². The summed E-state index contributed by atoms with van der Waals surface area (Å²) in [5.74, 6) is 0. The average Bonchev–Trinajstić information content (AvgIpc) is 2.94. The average molecular weight is 294 g/mol. The lowest BCUT2D eigenvalue weighted by molar-refractivity contribution is 0.560. The Morgan fingerprint density at radius 1 is 1.05 bits per heavy atom. The van der Waals surface area contributed by atoms with Crippen LogP contribution in [0.1, 0.15) is 22.9 Å². The number of aromatic amines is 1. The third kappa shape index (κ3) is 2.17. The van der Waals surface area contributed by atoms with Crippen molar-refractivity contribution < 1.29 is 0 Å². The second-order valence-corrected chi connectivity index (χ2v) is 6.35. The van der Waals surface area contributed by atoms with Crippen molar-refractivity contribution in [2.45, 2.75) is 17.4 Å². The smallest absolute Gasteiger partial charge is 0.0732 e. The third-order valence-electron chi connectivity index (χ3n) is 4.31. The molecule has 4 rings (SSSR count). The maximum atomic E-state index is 3.65. The standard InChI is InChI=1S/C18H18N2S/c1-21-13-8-6-12(7-9-13)17-18-15(10-11-19-17)14-4-2-3-5-16(14)20-18/h2-9,17,19-20H,10-11H2,1H3. The molecule has 1 atom stereocenters. The van der Waals surface area contributed by atoms with Crippen LogP contribution < -0.4 is 5.32 Å². The maximum Gasteiger partial charge on any atom is 0.0732 e. The quantitative estimate of drug-likeness (QED) is 0.696. The van der Waals surface area contributed by atoms with E-state index >= 15 is 0 Å². The van der Waals surface area contributed by atoms with Crippen LogP contribution in [0.25, 0.3) is 10.9 Å². The van der Waals surface area contributed by atoms with Gasteiger partial charge in [-0.3, -0.25) is 0 Å². The minimum absolute atomic E-state index is 0.275. The van der Waals surface area contributed by atoms with E-state index in [0.717, 1.165) is 13.0 Å². The first-order valence-corrected chi connectivity index (χ1v) is 8.56. The molecule has 2 aromatic carbocycles. The molecule has 21 heavy (non-hydrogen) atoms. The van der Waals surface area contributed by atoms with E-state index in [1.54, 1.807) is 11.8 Å². The van der Waals surface area contributed by atoms with Gasteiger partial charge >= 0.3 is 0 Å². The van der Waals surface area contributed by atoms with E-state index in [9.17, 15) is 0 Å². The van der Waals surface area contributed by atoms with E-state index in [1.165, 1.54) is 32.6 Å². The number of rotatable bonds is 2. The number of hydrogen-bond donors (Lipinski definition) is 2. The van der Waals surface area contributed by atoms with Crippen molar-refractivity contribution in [3.8, 4) is 0 Å². The first-order chi connectivity index (χ1) is 10.4. The van der Waals surface area contributed by atoms with E-state index < -0.39 is 0 Å². The van der Waals surface area contributed by atoms with Crippen molar-refractivity contribution in [2.24, 2.45) is 0 Å². The van der Waals surface area contributed by atoms with Gasteiger partial charge in [-0.05, 0) is 42.0 Å². The largest absolute Gasteiger partial charge is 0.357 e. The van der Waals surface area contributed by atoms with E-state index in [1.807, 2.05) is 0 Å². The number of aromatic nitrogens is 1. The number of nitrogens with one attached hydrogen (secondary N) is 2. The van der Waals surface area contributed by atoms with Crippen molar-refractivity contribution in [3.05, 3.63) is 65.4 Å². The number of fused-ring (bicyclic) bond motifs is 3. The monoisotopic (exact) mass is 294 g/mol. The highest BCUT2D eigenvalue weighted by Crippen LogP contribution is 2.33. The molecule has 2 N–H and O–H groups in total. The summed E-state index contributed by atoms with van der Waals surface area (Å²) in [4.78, 5) is 4.94. The van der Waals surface area contributed by atoms with Gasteiger partial charge in [0.15, 0.2) is 0 Å². The fourth-order valence-electron chi connectivity index (χ4n) is 3.26. The van der Waals surface area contributed by atoms with Crippen molar-refractivity contribution in [1.29, 1.82) is 0 Å². The second-order valence-electron chi connectivity index (χ2n) is 5.47. The Bertz CT molecular complexity index is 774. The molecule has 106 valence electrons. The van der Waals surface area contributed by atoms with Gasteiger partial charge in [-0.15, -0.1) is 11.8 Å². The van der Waals surface area contributed by atoms with Gasteiger partial charge in [0.1, 0.15) is 0 Å². The van der Waals surface area contributed by atoms with Gasteiger partial charge in [-0.2, -0.15) is 0 Å². The van der Waals surface area contributed by atoms with Gasteiger partial charge in [-0.25, -0.2) is 0 Å². The van der Waals surface area contributed by atoms with E-state index in [2.05, 4.69) is 65.1 Å². The van der Waals surface area contributed by atoms with Crippen LogP contribution in [0.4, 0.5) is 0 Å². The molecule has 0 saturated carbocycles. The van der Waals surface area contributed by atoms with Crippen LogP contribution >= 0.6 is 11.8 Å². The number of para-hydroxylation sites is 1. The summed E-state index contributed by atoms with van der Waals surface area (Å²) >= 11 is 1.79. The van der Waals surface area contributed by atoms with Crippen LogP contribution in [0.2, 0.25) is 0 Å². The summed E-state index contributed by atoms with van der Waals surface area (Å²) in [5.41, 5.74) is 5.39. The summed E-state index contributed by atoms with van der Waals surface area (Å²) in [5, 5.41) is 5.03. The van der Waals surface area contributed by atoms with Gasteiger partial charge in [0, 0.05) is 28.0 Å². The van der Waals surface area contributed by atoms with Gasteiger partial charge in [0.25, 0.3) is 0 Å². The molecular formula is C18H18N2S. The maximum absolute atomic E-state index is 3.65. The molecular weight excluding hydrogens is 276 g/mol. The van der Waals surface area contributed by atoms with Crippen LogP contribution in [-0.2, 0) is 6.42 Å². The lowest BCUT2D eigenvalue weighted by Gasteiger charge is -2.25. The predicted molar refractivity (Wildman–Crippen MR) is 90.1 cm³/mol. The lowest BCUT2D eigenvalue weighted by Crippen LogP contribution is -2.30. The van der Waals surface area contributed by atoms with Crippen LogP contribution in [0, 0.1) is 0 Å².